The highest BCUT2D eigenvalue weighted by Gasteiger charge is 2.49. The van der Waals surface area contributed by atoms with Crippen LogP contribution in [0.15, 0.2) is 72.6 Å². The monoisotopic (exact) mass is 475 g/mol. The molecular weight excluding hydrogens is 437 g/mol. The molecule has 0 aromatic heterocycles. The molecule has 32 heavy (non-hydrogen) atoms. The van der Waals surface area contributed by atoms with Gasteiger partial charge >= 0.3 is 0 Å². The van der Waals surface area contributed by atoms with Gasteiger partial charge in [-0.05, 0) is 55.6 Å². The molecule has 2 aromatic rings. The van der Waals surface area contributed by atoms with E-state index in [0.29, 0.717) is 13.0 Å². The van der Waals surface area contributed by atoms with E-state index in [4.69, 9.17) is 4.43 Å². The van der Waals surface area contributed by atoms with E-state index in [1.54, 1.807) is 13.0 Å². The number of benzene rings is 2. The molecule has 0 unspecified atom stereocenters. The van der Waals surface area contributed by atoms with Crippen molar-refractivity contribution in [3.63, 3.8) is 0 Å². The maximum Gasteiger partial charge on any atom is 0.261 e. The van der Waals surface area contributed by atoms with E-state index in [1.165, 1.54) is 10.4 Å². The van der Waals surface area contributed by atoms with Gasteiger partial charge in [0.2, 0.25) is 0 Å². The van der Waals surface area contributed by atoms with Gasteiger partial charge in [0.15, 0.2) is 0 Å². The highest BCUT2D eigenvalue weighted by atomic mass is 32.2. The minimum absolute atomic E-state index is 0.115. The summed E-state index contributed by atoms with van der Waals surface area (Å²) in [5.41, 5.74) is 0. The second-order valence-corrected chi connectivity index (χ2v) is 16.4. The average molecular weight is 476 g/mol. The second kappa shape index (κ2) is 11.0. The standard InChI is InChI=1S/C26H38FNO2SSi/c1-21(28-31(29)25(2,3)4)24(27)19-14-20-30-32(26(5,6)7,22-15-10-8-11-16-22)23-17-12-9-13-18-23/h8-13,15-19,21,28H,14,20H2,1-7H3/b24-19+/t21-,31+/m1/s1. The van der Waals surface area contributed by atoms with Gasteiger partial charge in [0.05, 0.1) is 21.8 Å². The van der Waals surface area contributed by atoms with Gasteiger partial charge in [-0.3, -0.25) is 0 Å². The number of rotatable bonds is 9. The van der Waals surface area contributed by atoms with Crippen molar-refractivity contribution in [1.29, 1.82) is 0 Å². The maximum absolute atomic E-state index is 14.7. The van der Waals surface area contributed by atoms with E-state index < -0.39 is 30.1 Å². The Balaban J connectivity index is 2.23. The van der Waals surface area contributed by atoms with Gasteiger partial charge in [0, 0.05) is 6.61 Å². The highest BCUT2D eigenvalue weighted by molar-refractivity contribution is 7.84. The van der Waals surface area contributed by atoms with Crippen molar-refractivity contribution in [3.05, 3.63) is 72.6 Å². The van der Waals surface area contributed by atoms with Gasteiger partial charge in [-0.2, -0.15) is 0 Å². The number of nitrogens with one attached hydrogen (secondary N) is 1. The third kappa shape index (κ3) is 6.47. The molecule has 0 saturated carbocycles. The Labute approximate surface area is 197 Å². The molecule has 0 amide bonds. The Hall–Kier alpha value is -1.60. The van der Waals surface area contributed by atoms with Crippen LogP contribution in [0, 0.1) is 0 Å². The molecular formula is C26H38FNO2SSi. The van der Waals surface area contributed by atoms with Crippen LogP contribution in [0.2, 0.25) is 5.04 Å². The van der Waals surface area contributed by atoms with E-state index in [9.17, 15) is 8.60 Å². The van der Waals surface area contributed by atoms with Crippen LogP contribution in [0.5, 0.6) is 0 Å². The van der Waals surface area contributed by atoms with E-state index in [-0.39, 0.29) is 10.9 Å². The minimum Gasteiger partial charge on any atom is -0.407 e. The fourth-order valence-corrected chi connectivity index (χ4v) is 9.11. The lowest BCUT2D eigenvalue weighted by Crippen LogP contribution is -2.66. The summed E-state index contributed by atoms with van der Waals surface area (Å²) in [7, 11) is -3.94. The first-order chi connectivity index (χ1) is 14.9. The lowest BCUT2D eigenvalue weighted by molar-refractivity contribution is 0.303. The summed E-state index contributed by atoms with van der Waals surface area (Å²) < 4.78 is 36.1. The normalized spacial score (nSPS) is 15.4. The molecule has 2 rings (SSSR count). The first-order valence-electron chi connectivity index (χ1n) is 11.2. The van der Waals surface area contributed by atoms with Gasteiger partial charge in [-0.25, -0.2) is 13.3 Å². The maximum atomic E-state index is 14.7. The van der Waals surface area contributed by atoms with E-state index in [0.717, 1.165) is 0 Å². The fourth-order valence-electron chi connectivity index (χ4n) is 3.74. The van der Waals surface area contributed by atoms with Crippen molar-refractivity contribution >= 4 is 29.7 Å². The summed E-state index contributed by atoms with van der Waals surface area (Å²) in [6, 6.07) is 20.2. The summed E-state index contributed by atoms with van der Waals surface area (Å²) in [5.74, 6) is -0.311. The minimum atomic E-state index is -2.62. The number of hydrogen-bond donors (Lipinski definition) is 1. The van der Waals surface area contributed by atoms with Crippen LogP contribution >= 0.6 is 0 Å². The van der Waals surface area contributed by atoms with Crippen LogP contribution < -0.4 is 15.1 Å². The molecule has 0 aliphatic rings. The zero-order chi connectivity index (χ0) is 24.0. The molecule has 1 N–H and O–H groups in total. The molecule has 0 aliphatic carbocycles. The predicted octanol–water partition coefficient (Wildman–Crippen LogP) is 5.25. The largest absolute Gasteiger partial charge is 0.407 e. The molecule has 0 bridgehead atoms. The van der Waals surface area contributed by atoms with Crippen LogP contribution in [0.4, 0.5) is 4.39 Å². The van der Waals surface area contributed by atoms with Crippen molar-refractivity contribution in [1.82, 2.24) is 4.72 Å². The Morgan fingerprint density at radius 3 is 1.88 bits per heavy atom. The average Bonchev–Trinajstić information content (AvgIpc) is 2.73. The first kappa shape index (κ1) is 26.6. The lowest BCUT2D eigenvalue weighted by Gasteiger charge is -2.43. The molecule has 0 radical (unpaired) electrons. The molecule has 3 nitrogen and oxygen atoms in total. The molecule has 0 spiro atoms. The topological polar surface area (TPSA) is 38.3 Å². The zero-order valence-corrected chi connectivity index (χ0v) is 22.3. The molecule has 0 heterocycles. The van der Waals surface area contributed by atoms with Crippen LogP contribution in [0.1, 0.15) is 54.9 Å². The van der Waals surface area contributed by atoms with Crippen molar-refractivity contribution in [3.8, 4) is 0 Å². The van der Waals surface area contributed by atoms with Crippen LogP contribution in [0.3, 0.4) is 0 Å². The highest BCUT2D eigenvalue weighted by Crippen LogP contribution is 2.36. The summed E-state index contributed by atoms with van der Waals surface area (Å²) >= 11 is 0. The first-order valence-corrected chi connectivity index (χ1v) is 14.2. The van der Waals surface area contributed by atoms with Crippen molar-refractivity contribution in [2.24, 2.45) is 0 Å². The van der Waals surface area contributed by atoms with E-state index in [2.05, 4.69) is 74.0 Å². The lowest BCUT2D eigenvalue weighted by atomic mass is 10.2. The molecule has 2 aromatic carbocycles. The summed E-state index contributed by atoms with van der Waals surface area (Å²) in [6.07, 6.45) is 2.00. The van der Waals surface area contributed by atoms with Crippen LogP contribution in [-0.4, -0.2) is 29.9 Å². The SMILES string of the molecule is C[C@@H](N[S@@](=O)C(C)(C)C)/C(F)=C\CCO[Si](c1ccccc1)(c1ccccc1)C(C)(C)C. The summed E-state index contributed by atoms with van der Waals surface area (Å²) in [4.78, 5) is 0. The van der Waals surface area contributed by atoms with Gasteiger partial charge in [0.1, 0.15) is 5.83 Å². The molecule has 6 heteroatoms. The van der Waals surface area contributed by atoms with Crippen molar-refractivity contribution in [2.75, 3.05) is 6.61 Å². The second-order valence-electron chi connectivity index (χ2n) is 10.1. The Morgan fingerprint density at radius 2 is 1.47 bits per heavy atom. The Kier molecular flexibility index (Phi) is 9.17. The van der Waals surface area contributed by atoms with Gasteiger partial charge in [-0.1, -0.05) is 81.4 Å². The Morgan fingerprint density at radius 1 is 1.00 bits per heavy atom. The molecule has 0 aliphatic heterocycles. The molecule has 0 saturated heterocycles. The van der Waals surface area contributed by atoms with Crippen LogP contribution in [0.25, 0.3) is 0 Å². The molecule has 0 fully saturated rings. The van der Waals surface area contributed by atoms with Gasteiger partial charge in [0.25, 0.3) is 8.32 Å². The quantitative estimate of drug-likeness (QED) is 0.397. The van der Waals surface area contributed by atoms with Gasteiger partial charge in [-0.15, -0.1) is 0 Å². The number of hydrogen-bond acceptors (Lipinski definition) is 2. The van der Waals surface area contributed by atoms with Gasteiger partial charge < -0.3 is 4.43 Å². The third-order valence-electron chi connectivity index (χ3n) is 5.45. The van der Waals surface area contributed by atoms with Crippen molar-refractivity contribution < 1.29 is 13.0 Å². The molecule has 176 valence electrons. The molecule has 2 atom stereocenters. The van der Waals surface area contributed by atoms with Crippen molar-refractivity contribution in [2.45, 2.75) is 70.7 Å². The predicted molar refractivity (Wildman–Crippen MR) is 138 cm³/mol. The van der Waals surface area contributed by atoms with Crippen LogP contribution in [-0.2, 0) is 15.4 Å². The van der Waals surface area contributed by atoms with E-state index >= 15 is 0 Å². The fraction of sp³-hybridized carbons (Fsp3) is 0.462. The third-order valence-corrected chi connectivity index (χ3v) is 12.2. The Bertz CT molecular complexity index is 865. The van der Waals surface area contributed by atoms with E-state index in [1.807, 2.05) is 32.9 Å². The number of halogens is 1. The summed E-state index contributed by atoms with van der Waals surface area (Å²) in [6.45, 7) is 14.4. The smallest absolute Gasteiger partial charge is 0.261 e. The summed E-state index contributed by atoms with van der Waals surface area (Å²) in [5, 5.41) is 2.30. The zero-order valence-electron chi connectivity index (χ0n) is 20.4.